The van der Waals surface area contributed by atoms with E-state index in [0.717, 1.165) is 11.3 Å². The lowest BCUT2D eigenvalue weighted by Gasteiger charge is -2.16. The molecule has 0 aliphatic heterocycles. The number of nitrogens with zero attached hydrogens (tertiary/aromatic N) is 1. The summed E-state index contributed by atoms with van der Waals surface area (Å²) in [6, 6.07) is 10.6. The van der Waals surface area contributed by atoms with E-state index in [1.165, 1.54) is 24.3 Å². The number of hydrogen-bond acceptors (Lipinski definition) is 3. The van der Waals surface area contributed by atoms with Gasteiger partial charge in [-0.15, -0.1) is 0 Å². The minimum atomic E-state index is -0.427. The van der Waals surface area contributed by atoms with Crippen LogP contribution in [-0.4, -0.2) is 4.92 Å². The maximum atomic E-state index is 13.0. The van der Waals surface area contributed by atoms with Gasteiger partial charge < -0.3 is 5.32 Å². The molecule has 0 aromatic heterocycles. The number of rotatable bonds is 4. The lowest BCUT2D eigenvalue weighted by atomic mass is 10.1. The summed E-state index contributed by atoms with van der Waals surface area (Å²) in [7, 11) is 0. The SMILES string of the molecule is CC(Nc1ccc(F)cc1Br)c1cccc([N+](=O)[O-])c1. The fourth-order valence-corrected chi connectivity index (χ4v) is 2.30. The molecule has 2 aromatic rings. The van der Waals surface area contributed by atoms with E-state index in [0.29, 0.717) is 4.47 Å². The quantitative estimate of drug-likeness (QED) is 0.651. The average molecular weight is 339 g/mol. The van der Waals surface area contributed by atoms with E-state index in [-0.39, 0.29) is 17.5 Å². The minimum absolute atomic E-state index is 0.0503. The molecule has 2 aromatic carbocycles. The minimum Gasteiger partial charge on any atom is -0.378 e. The predicted molar refractivity (Wildman–Crippen MR) is 79.2 cm³/mol. The molecule has 0 aliphatic rings. The van der Waals surface area contributed by atoms with Crippen LogP contribution in [0.2, 0.25) is 0 Å². The molecular weight excluding hydrogens is 327 g/mol. The molecule has 104 valence electrons. The molecule has 0 saturated carbocycles. The van der Waals surface area contributed by atoms with E-state index in [1.807, 2.05) is 13.0 Å². The van der Waals surface area contributed by atoms with Crippen molar-refractivity contribution in [2.75, 3.05) is 5.32 Å². The fraction of sp³-hybridized carbons (Fsp3) is 0.143. The van der Waals surface area contributed by atoms with Crippen LogP contribution in [0.5, 0.6) is 0 Å². The van der Waals surface area contributed by atoms with Crippen LogP contribution in [-0.2, 0) is 0 Å². The van der Waals surface area contributed by atoms with Crippen molar-refractivity contribution in [1.82, 2.24) is 0 Å². The van der Waals surface area contributed by atoms with Gasteiger partial charge >= 0.3 is 0 Å². The van der Waals surface area contributed by atoms with Crippen molar-refractivity contribution < 1.29 is 9.31 Å². The van der Waals surface area contributed by atoms with Crippen molar-refractivity contribution in [3.05, 3.63) is 68.4 Å². The molecule has 1 N–H and O–H groups in total. The summed E-state index contributed by atoms with van der Waals surface area (Å²) in [5, 5.41) is 13.9. The van der Waals surface area contributed by atoms with Gasteiger partial charge in [0.15, 0.2) is 0 Å². The van der Waals surface area contributed by atoms with Crippen molar-refractivity contribution >= 4 is 27.3 Å². The Morgan fingerprint density at radius 3 is 2.70 bits per heavy atom. The molecule has 4 nitrogen and oxygen atoms in total. The van der Waals surface area contributed by atoms with Crippen LogP contribution in [0.15, 0.2) is 46.9 Å². The number of hydrogen-bond donors (Lipinski definition) is 1. The van der Waals surface area contributed by atoms with Gasteiger partial charge in [-0.1, -0.05) is 12.1 Å². The molecule has 0 spiro atoms. The van der Waals surface area contributed by atoms with Crippen molar-refractivity contribution in [3.63, 3.8) is 0 Å². The number of nitrogens with one attached hydrogen (secondary N) is 1. The highest BCUT2D eigenvalue weighted by Crippen LogP contribution is 2.28. The molecular formula is C14H12BrFN2O2. The van der Waals surface area contributed by atoms with Gasteiger partial charge in [-0.25, -0.2) is 4.39 Å². The van der Waals surface area contributed by atoms with Gasteiger partial charge in [-0.3, -0.25) is 10.1 Å². The zero-order valence-corrected chi connectivity index (χ0v) is 12.2. The largest absolute Gasteiger partial charge is 0.378 e. The summed E-state index contributed by atoms with van der Waals surface area (Å²) in [4.78, 5) is 10.3. The molecule has 2 rings (SSSR count). The lowest BCUT2D eigenvalue weighted by Crippen LogP contribution is -2.07. The lowest BCUT2D eigenvalue weighted by molar-refractivity contribution is -0.384. The van der Waals surface area contributed by atoms with Gasteiger partial charge in [0.05, 0.1) is 4.92 Å². The van der Waals surface area contributed by atoms with Crippen molar-refractivity contribution in [3.8, 4) is 0 Å². The van der Waals surface area contributed by atoms with E-state index in [2.05, 4.69) is 21.2 Å². The Labute approximate surface area is 123 Å². The molecule has 1 atom stereocenters. The van der Waals surface area contributed by atoms with E-state index in [1.54, 1.807) is 12.1 Å². The van der Waals surface area contributed by atoms with E-state index < -0.39 is 4.92 Å². The number of nitro groups is 1. The van der Waals surface area contributed by atoms with Crippen LogP contribution >= 0.6 is 15.9 Å². The number of halogens is 2. The van der Waals surface area contributed by atoms with Gasteiger partial charge in [0.2, 0.25) is 0 Å². The van der Waals surface area contributed by atoms with Crippen LogP contribution in [0.1, 0.15) is 18.5 Å². The zero-order chi connectivity index (χ0) is 14.7. The van der Waals surface area contributed by atoms with Crippen molar-refractivity contribution in [2.45, 2.75) is 13.0 Å². The highest BCUT2D eigenvalue weighted by Gasteiger charge is 2.12. The number of nitro benzene ring substituents is 1. The third kappa shape index (κ3) is 3.33. The van der Waals surface area contributed by atoms with Gasteiger partial charge in [0.1, 0.15) is 5.82 Å². The maximum Gasteiger partial charge on any atom is 0.269 e. The molecule has 0 amide bonds. The van der Waals surface area contributed by atoms with E-state index >= 15 is 0 Å². The van der Waals surface area contributed by atoms with Crippen LogP contribution < -0.4 is 5.32 Å². The first-order valence-corrected chi connectivity index (χ1v) is 6.72. The highest BCUT2D eigenvalue weighted by molar-refractivity contribution is 9.10. The Balaban J connectivity index is 2.21. The molecule has 1 unspecified atom stereocenters. The van der Waals surface area contributed by atoms with E-state index in [9.17, 15) is 14.5 Å². The highest BCUT2D eigenvalue weighted by atomic mass is 79.9. The van der Waals surface area contributed by atoms with E-state index in [4.69, 9.17) is 0 Å². The summed E-state index contributed by atoms with van der Waals surface area (Å²) in [6.45, 7) is 1.88. The molecule has 0 heterocycles. The Morgan fingerprint density at radius 2 is 2.05 bits per heavy atom. The Hall–Kier alpha value is -1.95. The molecule has 6 heteroatoms. The molecule has 0 aliphatic carbocycles. The van der Waals surface area contributed by atoms with Gasteiger partial charge in [0, 0.05) is 28.3 Å². The summed E-state index contributed by atoms with van der Waals surface area (Å²) >= 11 is 3.28. The first-order chi connectivity index (χ1) is 9.47. The first kappa shape index (κ1) is 14.5. The Bertz CT molecular complexity index is 649. The number of non-ortho nitro benzene ring substituents is 1. The van der Waals surface area contributed by atoms with Gasteiger partial charge in [0.25, 0.3) is 5.69 Å². The molecule has 0 fully saturated rings. The van der Waals surface area contributed by atoms with Crippen molar-refractivity contribution in [2.24, 2.45) is 0 Å². The molecule has 20 heavy (non-hydrogen) atoms. The third-order valence-corrected chi connectivity index (χ3v) is 3.54. The summed E-state index contributed by atoms with van der Waals surface area (Å²) in [5.41, 5.74) is 1.56. The number of anilines is 1. The second-order valence-electron chi connectivity index (χ2n) is 4.34. The normalized spacial score (nSPS) is 11.9. The van der Waals surface area contributed by atoms with Crippen molar-refractivity contribution in [1.29, 1.82) is 0 Å². The van der Waals surface area contributed by atoms with Crippen LogP contribution in [0.25, 0.3) is 0 Å². The van der Waals surface area contributed by atoms with Gasteiger partial charge in [-0.2, -0.15) is 0 Å². The third-order valence-electron chi connectivity index (χ3n) is 2.88. The standard InChI is InChI=1S/C14H12BrFN2O2/c1-9(10-3-2-4-12(7-10)18(19)20)17-14-6-5-11(16)8-13(14)15/h2-9,17H,1H3. The fourth-order valence-electron chi connectivity index (χ4n) is 1.83. The summed E-state index contributed by atoms with van der Waals surface area (Å²) in [5.74, 6) is -0.328. The predicted octanol–water partition coefficient (Wildman–Crippen LogP) is 4.67. The monoisotopic (exact) mass is 338 g/mol. The second-order valence-corrected chi connectivity index (χ2v) is 5.20. The maximum absolute atomic E-state index is 13.0. The topological polar surface area (TPSA) is 55.2 Å². The smallest absolute Gasteiger partial charge is 0.269 e. The average Bonchev–Trinajstić information content (AvgIpc) is 2.42. The molecule has 0 radical (unpaired) electrons. The zero-order valence-electron chi connectivity index (χ0n) is 10.6. The Morgan fingerprint density at radius 1 is 1.30 bits per heavy atom. The van der Waals surface area contributed by atoms with Crippen LogP contribution in [0.4, 0.5) is 15.8 Å². The summed E-state index contributed by atoms with van der Waals surface area (Å²) < 4.78 is 13.6. The second kappa shape index (κ2) is 6.00. The molecule has 0 bridgehead atoms. The van der Waals surface area contributed by atoms with Crippen LogP contribution in [0.3, 0.4) is 0 Å². The first-order valence-electron chi connectivity index (χ1n) is 5.93. The van der Waals surface area contributed by atoms with Gasteiger partial charge in [-0.05, 0) is 46.6 Å². The van der Waals surface area contributed by atoms with Crippen LogP contribution in [0, 0.1) is 15.9 Å². The Kier molecular flexibility index (Phi) is 4.34. The summed E-state index contributed by atoms with van der Waals surface area (Å²) in [6.07, 6.45) is 0. The molecule has 0 saturated heterocycles. The number of benzene rings is 2.